The highest BCUT2D eigenvalue weighted by Gasteiger charge is 2.14. The third kappa shape index (κ3) is 3.59. The van der Waals surface area contributed by atoms with Gasteiger partial charge in [0.25, 0.3) is 0 Å². The molecule has 2 aromatic rings. The Morgan fingerprint density at radius 3 is 2.64 bits per heavy atom. The molecule has 0 saturated carbocycles. The number of carbonyl (C=O) groups excluding carboxylic acids is 1. The molecule has 22 heavy (non-hydrogen) atoms. The first-order chi connectivity index (χ1) is 10.6. The van der Waals surface area contributed by atoms with Gasteiger partial charge in [-0.2, -0.15) is 0 Å². The number of benzene rings is 1. The molecule has 0 saturated heterocycles. The number of thioether (sulfide) groups is 1. The number of aromatic nitrogens is 3. The van der Waals surface area contributed by atoms with Gasteiger partial charge < -0.3 is 14.0 Å². The van der Waals surface area contributed by atoms with E-state index in [0.717, 1.165) is 5.16 Å². The maximum atomic E-state index is 12.3. The lowest BCUT2D eigenvalue weighted by atomic mass is 10.1. The summed E-state index contributed by atoms with van der Waals surface area (Å²) in [6.45, 7) is 4.09. The number of hydrogen-bond acceptors (Lipinski definition) is 6. The molecule has 0 aliphatic heterocycles. The van der Waals surface area contributed by atoms with Gasteiger partial charge in [-0.05, 0) is 32.0 Å². The number of hydrogen-bond donors (Lipinski definition) is 0. The topological polar surface area (TPSA) is 66.2 Å². The number of rotatable bonds is 7. The van der Waals surface area contributed by atoms with Crippen molar-refractivity contribution in [2.75, 3.05) is 20.0 Å². The average molecular weight is 321 g/mol. The molecule has 0 amide bonds. The van der Waals surface area contributed by atoms with Crippen molar-refractivity contribution in [3.8, 4) is 11.5 Å². The Morgan fingerprint density at radius 1 is 1.27 bits per heavy atom. The fraction of sp³-hybridized carbons (Fsp3) is 0.400. The van der Waals surface area contributed by atoms with Gasteiger partial charge in [0.2, 0.25) is 0 Å². The summed E-state index contributed by atoms with van der Waals surface area (Å²) in [4.78, 5) is 12.3. The van der Waals surface area contributed by atoms with E-state index >= 15 is 0 Å². The molecule has 118 valence electrons. The molecule has 1 aromatic heterocycles. The Kier molecular flexibility index (Phi) is 5.43. The fourth-order valence-electron chi connectivity index (χ4n) is 1.91. The monoisotopic (exact) mass is 321 g/mol. The van der Waals surface area contributed by atoms with Crippen LogP contribution in [-0.2, 0) is 0 Å². The van der Waals surface area contributed by atoms with E-state index in [9.17, 15) is 4.79 Å². The van der Waals surface area contributed by atoms with Crippen LogP contribution in [0.25, 0.3) is 0 Å². The van der Waals surface area contributed by atoms with E-state index in [1.807, 2.05) is 18.4 Å². The van der Waals surface area contributed by atoms with Crippen molar-refractivity contribution in [2.24, 2.45) is 0 Å². The maximum absolute atomic E-state index is 12.3. The van der Waals surface area contributed by atoms with Crippen molar-refractivity contribution in [3.63, 3.8) is 0 Å². The highest BCUT2D eigenvalue weighted by Crippen LogP contribution is 2.28. The highest BCUT2D eigenvalue weighted by atomic mass is 32.2. The fourth-order valence-corrected chi connectivity index (χ4v) is 2.85. The Hall–Kier alpha value is -2.02. The predicted octanol–water partition coefficient (Wildman–Crippen LogP) is 2.85. The first-order valence-corrected chi connectivity index (χ1v) is 7.83. The number of nitrogens with zero attached hydrogens (tertiary/aromatic N) is 3. The molecule has 1 heterocycles. The van der Waals surface area contributed by atoms with Gasteiger partial charge in [0.1, 0.15) is 6.33 Å². The molecule has 0 atom stereocenters. The molecule has 0 radical (unpaired) electrons. The Bertz CT molecular complexity index is 655. The van der Waals surface area contributed by atoms with Gasteiger partial charge in [-0.1, -0.05) is 11.8 Å². The second kappa shape index (κ2) is 7.31. The summed E-state index contributed by atoms with van der Waals surface area (Å²) >= 11 is 1.38. The van der Waals surface area contributed by atoms with Crippen LogP contribution in [0.5, 0.6) is 11.5 Å². The maximum Gasteiger partial charge on any atom is 0.191 e. The number of carbonyl (C=O) groups is 1. The van der Waals surface area contributed by atoms with E-state index in [-0.39, 0.29) is 11.8 Å². The minimum absolute atomic E-state index is 0.00394. The van der Waals surface area contributed by atoms with Crippen LogP contribution in [-0.4, -0.2) is 40.5 Å². The van der Waals surface area contributed by atoms with Crippen molar-refractivity contribution >= 4 is 17.5 Å². The predicted molar refractivity (Wildman–Crippen MR) is 85.0 cm³/mol. The number of Topliss-reactive ketones (excluding diaryl/α,β-unsaturated/α-hetero) is 1. The van der Waals surface area contributed by atoms with Crippen molar-refractivity contribution < 1.29 is 14.3 Å². The van der Waals surface area contributed by atoms with Crippen LogP contribution in [0, 0.1) is 0 Å². The summed E-state index contributed by atoms with van der Waals surface area (Å²) in [6, 6.07) is 5.41. The molecule has 0 bridgehead atoms. The second-order valence-electron chi connectivity index (χ2n) is 4.90. The molecule has 2 rings (SSSR count). The molecule has 1 aromatic carbocycles. The Labute approximate surface area is 133 Å². The van der Waals surface area contributed by atoms with Crippen molar-refractivity contribution in [2.45, 2.75) is 25.0 Å². The standard InChI is InChI=1S/C15H19N3O3S/c1-10(2)18-9-16-17-15(18)22-8-12(19)11-5-6-13(20-3)14(7-11)21-4/h5-7,9-10H,8H2,1-4H3. The number of methoxy groups -OCH3 is 2. The highest BCUT2D eigenvalue weighted by molar-refractivity contribution is 7.99. The Balaban J connectivity index is 2.08. The summed E-state index contributed by atoms with van der Waals surface area (Å²) in [7, 11) is 3.11. The molecule has 0 spiro atoms. The normalized spacial score (nSPS) is 10.8. The van der Waals surface area contributed by atoms with Gasteiger partial charge in [0.05, 0.1) is 20.0 Å². The Morgan fingerprint density at radius 2 is 2.00 bits per heavy atom. The summed E-state index contributed by atoms with van der Waals surface area (Å²) in [6.07, 6.45) is 1.67. The lowest BCUT2D eigenvalue weighted by Crippen LogP contribution is -2.06. The van der Waals surface area contributed by atoms with Crippen molar-refractivity contribution in [1.82, 2.24) is 14.8 Å². The summed E-state index contributed by atoms with van der Waals surface area (Å²) in [5.41, 5.74) is 0.584. The van der Waals surface area contributed by atoms with Crippen LogP contribution in [0.4, 0.5) is 0 Å². The average Bonchev–Trinajstić information content (AvgIpc) is 3.00. The van der Waals surface area contributed by atoms with Crippen molar-refractivity contribution in [3.05, 3.63) is 30.1 Å². The zero-order chi connectivity index (χ0) is 16.1. The first-order valence-electron chi connectivity index (χ1n) is 6.84. The molecule has 7 heteroatoms. The molecule has 0 aliphatic rings. The van der Waals surface area contributed by atoms with Crippen LogP contribution < -0.4 is 9.47 Å². The SMILES string of the molecule is COc1ccc(C(=O)CSc2nncn2C(C)C)cc1OC. The second-order valence-corrected chi connectivity index (χ2v) is 5.84. The zero-order valence-corrected chi connectivity index (χ0v) is 13.9. The number of ether oxygens (including phenoxy) is 2. The molecule has 0 unspecified atom stereocenters. The van der Waals surface area contributed by atoms with E-state index in [0.29, 0.717) is 22.8 Å². The van der Waals surface area contributed by atoms with Gasteiger partial charge in [0.15, 0.2) is 22.4 Å². The molecular weight excluding hydrogens is 302 g/mol. The van der Waals surface area contributed by atoms with Crippen LogP contribution in [0.15, 0.2) is 29.7 Å². The third-order valence-corrected chi connectivity index (χ3v) is 4.09. The van der Waals surface area contributed by atoms with E-state index in [4.69, 9.17) is 9.47 Å². The quantitative estimate of drug-likeness (QED) is 0.577. The zero-order valence-electron chi connectivity index (χ0n) is 13.1. The van der Waals surface area contributed by atoms with Crippen LogP contribution >= 0.6 is 11.8 Å². The number of ketones is 1. The lowest BCUT2D eigenvalue weighted by Gasteiger charge is -2.10. The summed E-state index contributed by atoms with van der Waals surface area (Å²) in [5.74, 6) is 1.44. The minimum atomic E-state index is 0.00394. The molecular formula is C15H19N3O3S. The van der Waals surface area contributed by atoms with E-state index < -0.39 is 0 Å². The van der Waals surface area contributed by atoms with Crippen LogP contribution in [0.1, 0.15) is 30.2 Å². The van der Waals surface area contributed by atoms with Gasteiger partial charge >= 0.3 is 0 Å². The molecule has 0 aliphatic carbocycles. The molecule has 6 nitrogen and oxygen atoms in total. The largest absolute Gasteiger partial charge is 0.493 e. The molecule has 0 fully saturated rings. The van der Waals surface area contributed by atoms with Gasteiger partial charge in [0, 0.05) is 11.6 Å². The first kappa shape index (κ1) is 16.4. The third-order valence-electron chi connectivity index (χ3n) is 3.13. The van der Waals surface area contributed by atoms with Gasteiger partial charge in [-0.25, -0.2) is 0 Å². The smallest absolute Gasteiger partial charge is 0.191 e. The van der Waals surface area contributed by atoms with Crippen LogP contribution in [0.2, 0.25) is 0 Å². The van der Waals surface area contributed by atoms with E-state index in [1.165, 1.54) is 11.8 Å². The van der Waals surface area contributed by atoms with E-state index in [2.05, 4.69) is 10.2 Å². The molecule has 0 N–H and O–H groups in total. The van der Waals surface area contributed by atoms with Gasteiger partial charge in [-0.15, -0.1) is 10.2 Å². The van der Waals surface area contributed by atoms with Crippen molar-refractivity contribution in [1.29, 1.82) is 0 Å². The van der Waals surface area contributed by atoms with Crippen LogP contribution in [0.3, 0.4) is 0 Å². The summed E-state index contributed by atoms with van der Waals surface area (Å²) < 4.78 is 12.3. The lowest BCUT2D eigenvalue weighted by molar-refractivity contribution is 0.102. The minimum Gasteiger partial charge on any atom is -0.493 e. The van der Waals surface area contributed by atoms with E-state index in [1.54, 1.807) is 38.7 Å². The summed E-state index contributed by atoms with van der Waals surface area (Å²) in [5, 5.41) is 8.67. The van der Waals surface area contributed by atoms with Gasteiger partial charge in [-0.3, -0.25) is 4.79 Å².